The van der Waals surface area contributed by atoms with Gasteiger partial charge in [-0.3, -0.25) is 4.57 Å². The molecule has 1 unspecified atom stereocenters. The van der Waals surface area contributed by atoms with Gasteiger partial charge in [0.25, 0.3) is 0 Å². The van der Waals surface area contributed by atoms with E-state index in [2.05, 4.69) is 4.98 Å². The van der Waals surface area contributed by atoms with Crippen molar-refractivity contribution in [2.75, 3.05) is 6.58 Å². The summed E-state index contributed by atoms with van der Waals surface area (Å²) in [6.07, 6.45) is 4.49. The highest BCUT2D eigenvalue weighted by Crippen LogP contribution is 2.28. The summed E-state index contributed by atoms with van der Waals surface area (Å²) in [7, 11) is 0. The highest BCUT2D eigenvalue weighted by atomic mass is 35.5. The van der Waals surface area contributed by atoms with Gasteiger partial charge >= 0.3 is 6.01 Å². The summed E-state index contributed by atoms with van der Waals surface area (Å²) in [5.41, 5.74) is 2.65. The molecule has 0 saturated carbocycles. The van der Waals surface area contributed by atoms with Crippen LogP contribution in [-0.4, -0.2) is 21.1 Å². The van der Waals surface area contributed by atoms with Gasteiger partial charge in [0, 0.05) is 29.4 Å². The summed E-state index contributed by atoms with van der Waals surface area (Å²) >= 11 is 6.04. The van der Waals surface area contributed by atoms with Gasteiger partial charge in [-0.2, -0.15) is 4.98 Å². The van der Waals surface area contributed by atoms with Gasteiger partial charge in [0.15, 0.2) is 0 Å². The number of rotatable bonds is 7. The number of imidazole rings is 1. The molecular weight excluding hydrogens is 386 g/mol. The van der Waals surface area contributed by atoms with Crippen molar-refractivity contribution in [3.8, 4) is 23.0 Å². The van der Waals surface area contributed by atoms with Gasteiger partial charge in [-0.1, -0.05) is 41.9 Å². The van der Waals surface area contributed by atoms with Crippen LogP contribution in [0.1, 0.15) is 24.9 Å². The zero-order valence-corrected chi connectivity index (χ0v) is 17.1. The fraction of sp³-hybridized carbons (Fsp3) is 0.217. The van der Waals surface area contributed by atoms with Crippen LogP contribution in [0.25, 0.3) is 17.3 Å². The Morgan fingerprint density at radius 3 is 2.66 bits per heavy atom. The number of para-hydroxylation sites is 1. The number of ether oxygens (including phenoxy) is 1. The van der Waals surface area contributed by atoms with Gasteiger partial charge in [0.05, 0.1) is 7.95 Å². The van der Waals surface area contributed by atoms with Gasteiger partial charge in [-0.05, 0) is 44.0 Å². The molecule has 2 heterocycles. The van der Waals surface area contributed by atoms with Crippen LogP contribution in [0.4, 0.5) is 0 Å². The van der Waals surface area contributed by atoms with Crippen LogP contribution in [0.2, 0.25) is 5.02 Å². The first-order chi connectivity index (χ1) is 14.5. The minimum absolute atomic E-state index is 0.450. The number of benzene rings is 2. The second-order valence-electron chi connectivity index (χ2n) is 6.71. The highest BCUT2D eigenvalue weighted by molar-refractivity contribution is 6.30. The van der Waals surface area contributed by atoms with Gasteiger partial charge in [0.1, 0.15) is 23.0 Å². The minimum Gasteiger partial charge on any atom is -0.493 e. The van der Waals surface area contributed by atoms with Crippen LogP contribution in [0, 0.1) is 13.8 Å². The smallest absolute Gasteiger partial charge is 0.307 e. The normalized spacial score (nSPS) is 12.6. The molecule has 0 spiro atoms. The van der Waals surface area contributed by atoms with Crippen molar-refractivity contribution in [3.63, 3.8) is 0 Å². The summed E-state index contributed by atoms with van der Waals surface area (Å²) in [5.74, 6) is 2.21. The molecule has 2 aromatic heterocycles. The van der Waals surface area contributed by atoms with E-state index in [0.29, 0.717) is 29.6 Å². The Hall–Kier alpha value is -3.05. The van der Waals surface area contributed by atoms with Crippen molar-refractivity contribution in [2.45, 2.75) is 26.7 Å². The summed E-state index contributed by atoms with van der Waals surface area (Å²) in [6, 6.07) is 15.6. The van der Waals surface area contributed by atoms with Crippen molar-refractivity contribution < 1.29 is 10.5 Å². The predicted molar refractivity (Wildman–Crippen MR) is 114 cm³/mol. The number of aromatic nitrogens is 3. The standard InChI is InChI=1S/C23H22ClN3O2/c1-16-6-3-4-7-20(16)28-15-5-8-21-22(18-9-11-19(24)12-10-18)26-23(29-21)27-14-13-25-17(27)2/h3-4,6-7,9-14H,5,8,15H2,1-2H3/i15D. The molecule has 0 radical (unpaired) electrons. The third kappa shape index (κ3) is 4.35. The van der Waals surface area contributed by atoms with Crippen molar-refractivity contribution in [1.29, 1.82) is 0 Å². The van der Waals surface area contributed by atoms with Crippen LogP contribution in [0.5, 0.6) is 5.75 Å². The molecule has 0 aliphatic rings. The first kappa shape index (κ1) is 18.0. The van der Waals surface area contributed by atoms with Crippen LogP contribution in [0.3, 0.4) is 0 Å². The molecule has 5 nitrogen and oxygen atoms in total. The summed E-state index contributed by atoms with van der Waals surface area (Å²) in [6.45, 7) is 3.14. The van der Waals surface area contributed by atoms with E-state index in [9.17, 15) is 0 Å². The quantitative estimate of drug-likeness (QED) is 0.387. The van der Waals surface area contributed by atoms with Crippen LogP contribution in [-0.2, 0) is 6.42 Å². The monoisotopic (exact) mass is 408 g/mol. The SMILES string of the molecule is [2H]C(CCc1oc(-n2ccnc2C)nc1-c1ccc(Cl)cc1)Oc1ccccc1C. The molecule has 0 fully saturated rings. The number of nitrogens with zero attached hydrogens (tertiary/aromatic N) is 3. The fourth-order valence-corrected chi connectivity index (χ4v) is 3.18. The average Bonchev–Trinajstić information content (AvgIpc) is 3.35. The largest absolute Gasteiger partial charge is 0.493 e. The van der Waals surface area contributed by atoms with Gasteiger partial charge in [-0.15, -0.1) is 0 Å². The first-order valence-corrected chi connectivity index (χ1v) is 9.79. The molecule has 0 aliphatic carbocycles. The first-order valence-electron chi connectivity index (χ1n) is 9.99. The van der Waals surface area contributed by atoms with E-state index in [0.717, 1.165) is 28.4 Å². The maximum Gasteiger partial charge on any atom is 0.307 e. The Morgan fingerprint density at radius 1 is 1.14 bits per heavy atom. The second-order valence-corrected chi connectivity index (χ2v) is 7.14. The molecule has 0 N–H and O–H groups in total. The van der Waals surface area contributed by atoms with E-state index in [4.69, 9.17) is 27.1 Å². The van der Waals surface area contributed by atoms with Crippen LogP contribution >= 0.6 is 11.6 Å². The third-order valence-corrected chi connectivity index (χ3v) is 4.88. The zero-order valence-electron chi connectivity index (χ0n) is 17.3. The maximum absolute atomic E-state index is 8.32. The van der Waals surface area contributed by atoms with E-state index in [1.807, 2.05) is 68.6 Å². The lowest BCUT2D eigenvalue weighted by atomic mass is 10.1. The van der Waals surface area contributed by atoms with E-state index >= 15 is 0 Å². The predicted octanol–water partition coefficient (Wildman–Crippen LogP) is 5.81. The van der Waals surface area contributed by atoms with Crippen molar-refractivity contribution in [2.24, 2.45) is 0 Å². The second kappa shape index (κ2) is 8.53. The third-order valence-electron chi connectivity index (χ3n) is 4.63. The van der Waals surface area contributed by atoms with E-state index in [-0.39, 0.29) is 0 Å². The molecule has 0 aliphatic heterocycles. The molecule has 2 aromatic carbocycles. The van der Waals surface area contributed by atoms with Crippen LogP contribution in [0.15, 0.2) is 65.3 Å². The number of hydrogen-bond donors (Lipinski definition) is 0. The number of hydrogen-bond acceptors (Lipinski definition) is 4. The summed E-state index contributed by atoms with van der Waals surface area (Å²) in [5, 5.41) is 0.660. The summed E-state index contributed by atoms with van der Waals surface area (Å²) in [4.78, 5) is 8.94. The average molecular weight is 409 g/mol. The Morgan fingerprint density at radius 2 is 1.93 bits per heavy atom. The number of oxazole rings is 1. The number of halogens is 1. The molecule has 6 heteroatoms. The molecule has 1 atom stereocenters. The van der Waals surface area contributed by atoms with Gasteiger partial charge in [0.2, 0.25) is 0 Å². The minimum atomic E-state index is -0.715. The fourth-order valence-electron chi connectivity index (χ4n) is 3.05. The maximum atomic E-state index is 8.32. The Labute approximate surface area is 176 Å². The van der Waals surface area contributed by atoms with E-state index in [1.165, 1.54) is 0 Å². The molecule has 0 amide bonds. The lowest BCUT2D eigenvalue weighted by molar-refractivity contribution is 0.304. The molecule has 4 aromatic rings. The molecular formula is C23H22ClN3O2. The molecule has 148 valence electrons. The summed E-state index contributed by atoms with van der Waals surface area (Å²) < 4.78 is 22.0. The topological polar surface area (TPSA) is 53.1 Å². The van der Waals surface area contributed by atoms with Gasteiger partial charge in [-0.25, -0.2) is 4.98 Å². The lowest BCUT2D eigenvalue weighted by Gasteiger charge is -2.08. The molecule has 0 bridgehead atoms. The molecule has 4 rings (SSSR count). The zero-order chi connectivity index (χ0) is 21.1. The van der Waals surface area contributed by atoms with Gasteiger partial charge < -0.3 is 9.15 Å². The van der Waals surface area contributed by atoms with Crippen LogP contribution < -0.4 is 4.74 Å². The Kier molecular flexibility index (Phi) is 5.30. The highest BCUT2D eigenvalue weighted by Gasteiger charge is 2.17. The molecule has 29 heavy (non-hydrogen) atoms. The Balaban J connectivity index is 1.58. The lowest BCUT2D eigenvalue weighted by Crippen LogP contribution is -2.00. The Bertz CT molecular complexity index is 1140. The number of aryl methyl sites for hydroxylation is 3. The van der Waals surface area contributed by atoms with E-state index < -0.39 is 6.58 Å². The van der Waals surface area contributed by atoms with Crippen molar-refractivity contribution >= 4 is 11.6 Å². The molecule has 0 saturated heterocycles. The van der Waals surface area contributed by atoms with Crippen molar-refractivity contribution in [1.82, 2.24) is 14.5 Å². The van der Waals surface area contributed by atoms with Crippen molar-refractivity contribution in [3.05, 3.63) is 83.1 Å². The van der Waals surface area contributed by atoms with E-state index in [1.54, 1.807) is 10.8 Å².